The molecule has 1 amide bonds. The molecule has 0 spiro atoms. The summed E-state index contributed by atoms with van der Waals surface area (Å²) in [7, 11) is 3.36. The van der Waals surface area contributed by atoms with Gasteiger partial charge in [0, 0.05) is 38.7 Å². The Bertz CT molecular complexity index is 604. The summed E-state index contributed by atoms with van der Waals surface area (Å²) in [6, 6.07) is 5.33. The van der Waals surface area contributed by atoms with Gasteiger partial charge >= 0.3 is 0 Å². The average molecular weight is 286 g/mol. The highest BCUT2D eigenvalue weighted by Crippen LogP contribution is 2.15. The smallest absolute Gasteiger partial charge is 0.272 e. The minimum Gasteiger partial charge on any atom is -0.380 e. The Balaban J connectivity index is 2.19. The second kappa shape index (κ2) is 6.90. The summed E-state index contributed by atoms with van der Waals surface area (Å²) in [6.45, 7) is 2.42. The maximum atomic E-state index is 12.4. The lowest BCUT2D eigenvalue weighted by molar-refractivity contribution is 0.0595. The molecule has 0 radical (unpaired) electrons. The zero-order valence-corrected chi connectivity index (χ0v) is 12.4. The summed E-state index contributed by atoms with van der Waals surface area (Å²) in [6.07, 6.45) is 4.77. The summed E-state index contributed by atoms with van der Waals surface area (Å²) in [5, 5.41) is 0. The lowest BCUT2D eigenvalue weighted by Crippen LogP contribution is -2.34. The van der Waals surface area contributed by atoms with E-state index in [0.29, 0.717) is 17.9 Å². The fourth-order valence-corrected chi connectivity index (χ4v) is 1.88. The molecule has 2 aromatic heterocycles. The Hall–Kier alpha value is -2.34. The molecular formula is C15H18N4O2. The molecule has 6 nitrogen and oxygen atoms in total. The van der Waals surface area contributed by atoms with E-state index in [1.807, 2.05) is 13.0 Å². The molecule has 0 saturated carbocycles. The molecule has 2 aromatic rings. The van der Waals surface area contributed by atoms with Crippen molar-refractivity contribution in [3.63, 3.8) is 0 Å². The number of hydrogen-bond donors (Lipinski definition) is 0. The molecular weight excluding hydrogens is 268 g/mol. The van der Waals surface area contributed by atoms with Crippen molar-refractivity contribution in [2.75, 3.05) is 20.7 Å². The fourth-order valence-electron chi connectivity index (χ4n) is 1.88. The average Bonchev–Trinajstić information content (AvgIpc) is 2.54. The Morgan fingerprint density at radius 1 is 1.33 bits per heavy atom. The van der Waals surface area contributed by atoms with E-state index in [1.165, 1.54) is 6.33 Å². The number of amides is 1. The van der Waals surface area contributed by atoms with E-state index in [9.17, 15) is 4.79 Å². The van der Waals surface area contributed by atoms with Crippen molar-refractivity contribution in [3.8, 4) is 11.3 Å². The third kappa shape index (κ3) is 3.82. The number of rotatable bonds is 5. The highest BCUT2D eigenvalue weighted by molar-refractivity contribution is 5.92. The number of carbonyl (C=O) groups is 1. The van der Waals surface area contributed by atoms with Gasteiger partial charge in [-0.15, -0.1) is 0 Å². The number of aromatic nitrogens is 3. The molecule has 0 saturated heterocycles. The number of methoxy groups -OCH3 is 1. The molecule has 2 heterocycles. The van der Waals surface area contributed by atoms with Gasteiger partial charge in [0.1, 0.15) is 12.0 Å². The third-order valence-electron chi connectivity index (χ3n) is 3.10. The molecule has 0 unspecified atom stereocenters. The van der Waals surface area contributed by atoms with E-state index in [4.69, 9.17) is 4.74 Å². The molecule has 21 heavy (non-hydrogen) atoms. The number of ether oxygens (including phenoxy) is 1. The minimum atomic E-state index is -0.141. The van der Waals surface area contributed by atoms with E-state index >= 15 is 0 Å². The molecule has 0 bridgehead atoms. The predicted octanol–water partition coefficient (Wildman–Crippen LogP) is 1.65. The standard InChI is InChI=1S/C15H18N4O2/c1-11(21-3)9-19(2)15(20)14-6-4-5-13(18-14)12-7-16-10-17-8-12/h4-8,10-11H,9H2,1-3H3/t11-/m1/s1. The Morgan fingerprint density at radius 2 is 2.05 bits per heavy atom. The van der Waals surface area contributed by atoms with Gasteiger partial charge in [-0.1, -0.05) is 6.07 Å². The van der Waals surface area contributed by atoms with Gasteiger partial charge in [-0.25, -0.2) is 15.0 Å². The van der Waals surface area contributed by atoms with Crippen LogP contribution in [0.4, 0.5) is 0 Å². The summed E-state index contributed by atoms with van der Waals surface area (Å²) in [5.41, 5.74) is 1.84. The molecule has 0 aliphatic heterocycles. The van der Waals surface area contributed by atoms with E-state index in [0.717, 1.165) is 5.56 Å². The van der Waals surface area contributed by atoms with Gasteiger partial charge in [0.25, 0.3) is 5.91 Å². The predicted molar refractivity (Wildman–Crippen MR) is 78.7 cm³/mol. The maximum Gasteiger partial charge on any atom is 0.272 e. The summed E-state index contributed by atoms with van der Waals surface area (Å²) >= 11 is 0. The molecule has 0 fully saturated rings. The van der Waals surface area contributed by atoms with Crippen LogP contribution >= 0.6 is 0 Å². The van der Waals surface area contributed by atoms with E-state index in [-0.39, 0.29) is 12.0 Å². The summed E-state index contributed by atoms with van der Waals surface area (Å²) < 4.78 is 5.17. The molecule has 6 heteroatoms. The van der Waals surface area contributed by atoms with Crippen molar-refractivity contribution in [1.29, 1.82) is 0 Å². The van der Waals surface area contributed by atoms with Gasteiger partial charge in [0.15, 0.2) is 0 Å². The SMILES string of the molecule is CO[C@H](C)CN(C)C(=O)c1cccc(-c2cncnc2)n1. The van der Waals surface area contributed by atoms with Gasteiger partial charge < -0.3 is 9.64 Å². The van der Waals surface area contributed by atoms with Crippen LogP contribution < -0.4 is 0 Å². The first kappa shape index (κ1) is 15.1. The lowest BCUT2D eigenvalue weighted by atomic mass is 10.2. The zero-order valence-electron chi connectivity index (χ0n) is 12.4. The van der Waals surface area contributed by atoms with Crippen LogP contribution in [0.15, 0.2) is 36.9 Å². The quantitative estimate of drug-likeness (QED) is 0.836. The van der Waals surface area contributed by atoms with Crippen molar-refractivity contribution in [2.24, 2.45) is 0 Å². The van der Waals surface area contributed by atoms with E-state index < -0.39 is 0 Å². The molecule has 0 aliphatic rings. The highest BCUT2D eigenvalue weighted by atomic mass is 16.5. The van der Waals surface area contributed by atoms with E-state index in [2.05, 4.69) is 15.0 Å². The molecule has 0 aromatic carbocycles. The van der Waals surface area contributed by atoms with Crippen LogP contribution in [0.3, 0.4) is 0 Å². The first-order chi connectivity index (χ1) is 10.1. The van der Waals surface area contributed by atoms with Crippen LogP contribution in [-0.4, -0.2) is 52.6 Å². The fraction of sp³-hybridized carbons (Fsp3) is 0.333. The van der Waals surface area contributed by atoms with Crippen LogP contribution in [-0.2, 0) is 4.74 Å². The monoisotopic (exact) mass is 286 g/mol. The van der Waals surface area contributed by atoms with Gasteiger partial charge in [0.05, 0.1) is 11.8 Å². The van der Waals surface area contributed by atoms with Crippen molar-refractivity contribution < 1.29 is 9.53 Å². The van der Waals surface area contributed by atoms with Crippen molar-refractivity contribution in [3.05, 3.63) is 42.6 Å². The second-order valence-electron chi connectivity index (χ2n) is 4.77. The number of pyridine rings is 1. The summed E-state index contributed by atoms with van der Waals surface area (Å²) in [4.78, 5) is 26.3. The number of likely N-dealkylation sites (N-methyl/N-ethyl adjacent to an activating group) is 1. The van der Waals surface area contributed by atoms with Crippen LogP contribution in [0.5, 0.6) is 0 Å². The van der Waals surface area contributed by atoms with Crippen LogP contribution in [0.1, 0.15) is 17.4 Å². The van der Waals surface area contributed by atoms with Crippen molar-refractivity contribution >= 4 is 5.91 Å². The first-order valence-electron chi connectivity index (χ1n) is 6.62. The normalized spacial score (nSPS) is 12.0. The molecule has 2 rings (SSSR count). The van der Waals surface area contributed by atoms with Crippen molar-refractivity contribution in [2.45, 2.75) is 13.0 Å². The topological polar surface area (TPSA) is 68.2 Å². The van der Waals surface area contributed by atoms with Crippen LogP contribution in [0.25, 0.3) is 11.3 Å². The summed E-state index contributed by atoms with van der Waals surface area (Å²) in [5.74, 6) is -0.141. The van der Waals surface area contributed by atoms with Crippen LogP contribution in [0, 0.1) is 0 Å². The largest absolute Gasteiger partial charge is 0.380 e. The minimum absolute atomic E-state index is 0.0235. The zero-order chi connectivity index (χ0) is 15.2. The second-order valence-corrected chi connectivity index (χ2v) is 4.77. The highest BCUT2D eigenvalue weighted by Gasteiger charge is 2.16. The van der Waals surface area contributed by atoms with Crippen LogP contribution in [0.2, 0.25) is 0 Å². The molecule has 1 atom stereocenters. The van der Waals surface area contributed by atoms with Gasteiger partial charge in [-0.2, -0.15) is 0 Å². The number of hydrogen-bond acceptors (Lipinski definition) is 5. The Morgan fingerprint density at radius 3 is 2.71 bits per heavy atom. The van der Waals surface area contributed by atoms with E-state index in [1.54, 1.807) is 43.6 Å². The number of carbonyl (C=O) groups excluding carboxylic acids is 1. The maximum absolute atomic E-state index is 12.4. The molecule has 0 aliphatic carbocycles. The molecule has 110 valence electrons. The van der Waals surface area contributed by atoms with Gasteiger partial charge in [-0.3, -0.25) is 4.79 Å². The Kier molecular flexibility index (Phi) is 4.94. The third-order valence-corrected chi connectivity index (χ3v) is 3.10. The molecule has 0 N–H and O–H groups in total. The van der Waals surface area contributed by atoms with Crippen molar-refractivity contribution in [1.82, 2.24) is 19.9 Å². The lowest BCUT2D eigenvalue weighted by Gasteiger charge is -2.20. The number of nitrogens with zero attached hydrogens (tertiary/aromatic N) is 4. The first-order valence-corrected chi connectivity index (χ1v) is 6.62. The Labute approximate surface area is 123 Å². The van der Waals surface area contributed by atoms with Gasteiger partial charge in [-0.05, 0) is 19.1 Å². The van der Waals surface area contributed by atoms with Gasteiger partial charge in [0.2, 0.25) is 0 Å².